The molecule has 0 fully saturated rings. The van der Waals surface area contributed by atoms with E-state index in [1.165, 1.54) is 0 Å². The van der Waals surface area contributed by atoms with Crippen LogP contribution in [0.15, 0.2) is 113 Å². The minimum absolute atomic E-state index is 0.193. The van der Waals surface area contributed by atoms with Gasteiger partial charge >= 0.3 is 0 Å². The topological polar surface area (TPSA) is 125 Å². The van der Waals surface area contributed by atoms with Gasteiger partial charge in [-0.15, -0.1) is 0 Å². The van der Waals surface area contributed by atoms with Gasteiger partial charge in [-0.3, -0.25) is 0 Å². The lowest BCUT2D eigenvalue weighted by molar-refractivity contribution is 0.163. The average molecular weight is 593 g/mol. The molecule has 1 heterocycles. The Morgan fingerprint density at radius 2 is 1.44 bits per heavy atom. The fourth-order valence-corrected chi connectivity index (χ4v) is 6.90. The van der Waals surface area contributed by atoms with Crippen LogP contribution in [0.4, 0.5) is 0 Å². The Morgan fingerprint density at radius 3 is 2.11 bits per heavy atom. The SMILES string of the molecule is COc1cc2c3c(c4c(c2cc1OCN=[N+]=[N-])-c1ccccc1C4(C)CN=[N+]=[N-])C=CC(c1ccccc1)(c1ccccc1)O3. The van der Waals surface area contributed by atoms with Crippen LogP contribution >= 0.6 is 0 Å². The molecule has 0 aromatic heterocycles. The Labute approximate surface area is 259 Å². The third kappa shape index (κ3) is 4.25. The molecule has 0 saturated carbocycles. The summed E-state index contributed by atoms with van der Waals surface area (Å²) in [5.41, 5.74) is 23.7. The number of rotatable bonds is 8. The quantitative estimate of drug-likeness (QED) is 0.101. The normalized spacial score (nSPS) is 16.8. The van der Waals surface area contributed by atoms with Crippen LogP contribution in [0.1, 0.15) is 34.7 Å². The molecule has 0 saturated heterocycles. The van der Waals surface area contributed by atoms with E-state index in [9.17, 15) is 5.53 Å². The molecule has 0 spiro atoms. The second-order valence-electron chi connectivity index (χ2n) is 11.2. The smallest absolute Gasteiger partial charge is 0.178 e. The van der Waals surface area contributed by atoms with E-state index in [-0.39, 0.29) is 13.3 Å². The van der Waals surface area contributed by atoms with Gasteiger partial charge in [-0.25, -0.2) is 0 Å². The summed E-state index contributed by atoms with van der Waals surface area (Å²) in [4.78, 5) is 5.97. The monoisotopic (exact) mass is 592 g/mol. The fourth-order valence-electron chi connectivity index (χ4n) is 6.90. The van der Waals surface area contributed by atoms with Crippen LogP contribution in [-0.2, 0) is 11.0 Å². The average Bonchev–Trinajstić information content (AvgIpc) is 3.36. The molecule has 9 heteroatoms. The zero-order chi connectivity index (χ0) is 31.0. The summed E-state index contributed by atoms with van der Waals surface area (Å²) in [6, 6.07) is 32.4. The van der Waals surface area contributed by atoms with Crippen LogP contribution in [-0.4, -0.2) is 20.4 Å². The van der Waals surface area contributed by atoms with E-state index in [2.05, 4.69) is 75.5 Å². The lowest BCUT2D eigenvalue weighted by atomic mass is 9.75. The van der Waals surface area contributed by atoms with Crippen LogP contribution in [0.3, 0.4) is 0 Å². The maximum atomic E-state index is 9.42. The fraction of sp³-hybridized carbons (Fsp3) is 0.167. The minimum atomic E-state index is -0.923. The number of hydrogen-bond donors (Lipinski definition) is 0. The Kier molecular flexibility index (Phi) is 6.82. The summed E-state index contributed by atoms with van der Waals surface area (Å²) in [5.74, 6) is 1.59. The highest BCUT2D eigenvalue weighted by atomic mass is 16.5. The number of benzene rings is 5. The van der Waals surface area contributed by atoms with Crippen LogP contribution in [0.5, 0.6) is 17.2 Å². The molecular formula is C36H28N6O3. The van der Waals surface area contributed by atoms with Gasteiger partial charge in [0.05, 0.1) is 7.11 Å². The maximum Gasteiger partial charge on any atom is 0.178 e. The van der Waals surface area contributed by atoms with Crippen molar-refractivity contribution >= 4 is 16.8 Å². The molecule has 220 valence electrons. The molecule has 1 unspecified atom stereocenters. The van der Waals surface area contributed by atoms with Crippen molar-refractivity contribution < 1.29 is 14.2 Å². The first-order valence-corrected chi connectivity index (χ1v) is 14.5. The van der Waals surface area contributed by atoms with E-state index in [1.54, 1.807) is 7.11 Å². The second kappa shape index (κ2) is 11.0. The van der Waals surface area contributed by atoms with E-state index in [4.69, 9.17) is 19.7 Å². The molecule has 0 bridgehead atoms. The molecule has 2 aliphatic rings. The van der Waals surface area contributed by atoms with Crippen molar-refractivity contribution in [3.63, 3.8) is 0 Å². The van der Waals surface area contributed by atoms with Gasteiger partial charge in [0.25, 0.3) is 0 Å². The maximum absolute atomic E-state index is 9.42. The van der Waals surface area contributed by atoms with E-state index in [0.717, 1.165) is 49.7 Å². The summed E-state index contributed by atoms with van der Waals surface area (Å²) in [7, 11) is 1.58. The first kappa shape index (κ1) is 27.9. The third-order valence-corrected chi connectivity index (χ3v) is 8.87. The predicted octanol–water partition coefficient (Wildman–Crippen LogP) is 9.44. The Balaban J connectivity index is 1.60. The number of nitrogens with zero attached hydrogens (tertiary/aromatic N) is 6. The number of hydrogen-bond acceptors (Lipinski definition) is 5. The van der Waals surface area contributed by atoms with Crippen molar-refractivity contribution in [2.75, 3.05) is 20.4 Å². The molecular weight excluding hydrogens is 564 g/mol. The summed E-state index contributed by atoms with van der Waals surface area (Å²) < 4.78 is 19.0. The first-order valence-electron chi connectivity index (χ1n) is 14.5. The summed E-state index contributed by atoms with van der Waals surface area (Å²) >= 11 is 0. The standard InChI is InChI=1S/C36H28N6O3/c1-35(21-39-41-37)29-16-10-9-15-25(29)32-27-19-31(44-22-40-42-38)30(43-2)20-28(27)34-26(33(32)35)17-18-36(45-34,23-11-5-3-6-12-23)24-13-7-4-8-14-24/h3-20H,21-22H2,1-2H3. The lowest BCUT2D eigenvalue weighted by Crippen LogP contribution is -2.35. The zero-order valence-corrected chi connectivity index (χ0v) is 24.7. The minimum Gasteiger partial charge on any atom is -0.493 e. The molecule has 5 aromatic rings. The van der Waals surface area contributed by atoms with Crippen molar-refractivity contribution in [3.05, 3.63) is 152 Å². The highest BCUT2D eigenvalue weighted by Crippen LogP contribution is 2.59. The Morgan fingerprint density at radius 1 is 0.800 bits per heavy atom. The molecule has 1 atom stereocenters. The molecule has 0 amide bonds. The van der Waals surface area contributed by atoms with Crippen molar-refractivity contribution in [2.24, 2.45) is 10.2 Å². The summed E-state index contributed by atoms with van der Waals surface area (Å²) in [6.07, 6.45) is 4.27. The highest BCUT2D eigenvalue weighted by molar-refractivity contribution is 6.09. The lowest BCUT2D eigenvalue weighted by Gasteiger charge is -2.38. The molecule has 1 aliphatic heterocycles. The number of azide groups is 2. The molecule has 7 rings (SSSR count). The number of ether oxygens (including phenoxy) is 3. The van der Waals surface area contributed by atoms with Crippen molar-refractivity contribution in [2.45, 2.75) is 17.9 Å². The number of methoxy groups -OCH3 is 1. The van der Waals surface area contributed by atoms with Gasteiger partial charge in [-0.2, -0.15) is 0 Å². The van der Waals surface area contributed by atoms with Crippen molar-refractivity contribution in [3.8, 4) is 28.4 Å². The summed E-state index contributed by atoms with van der Waals surface area (Å²) in [6.45, 7) is 2.14. The summed E-state index contributed by atoms with van der Waals surface area (Å²) in [5, 5.41) is 9.37. The largest absolute Gasteiger partial charge is 0.493 e. The van der Waals surface area contributed by atoms with Gasteiger partial charge in [0, 0.05) is 43.9 Å². The van der Waals surface area contributed by atoms with Gasteiger partial charge in [-0.1, -0.05) is 108 Å². The highest BCUT2D eigenvalue weighted by Gasteiger charge is 2.46. The van der Waals surface area contributed by atoms with Crippen molar-refractivity contribution in [1.29, 1.82) is 0 Å². The van der Waals surface area contributed by atoms with E-state index in [0.29, 0.717) is 17.2 Å². The second-order valence-corrected chi connectivity index (χ2v) is 11.2. The molecule has 1 aliphatic carbocycles. The Hall–Kier alpha value is -5.88. The van der Waals surface area contributed by atoms with Crippen molar-refractivity contribution in [1.82, 2.24) is 0 Å². The van der Waals surface area contributed by atoms with Gasteiger partial charge < -0.3 is 14.2 Å². The van der Waals surface area contributed by atoms with Gasteiger partial charge in [0.1, 0.15) is 5.75 Å². The third-order valence-electron chi connectivity index (χ3n) is 8.87. The predicted molar refractivity (Wildman–Crippen MR) is 174 cm³/mol. The van der Waals surface area contributed by atoms with Crippen LogP contribution in [0.2, 0.25) is 0 Å². The molecule has 45 heavy (non-hydrogen) atoms. The van der Waals surface area contributed by atoms with Gasteiger partial charge in [0.15, 0.2) is 23.8 Å². The Bertz CT molecular complexity index is 2040. The molecule has 9 nitrogen and oxygen atoms in total. The van der Waals surface area contributed by atoms with E-state index in [1.807, 2.05) is 60.7 Å². The molecule has 0 N–H and O–H groups in total. The van der Waals surface area contributed by atoms with Crippen LogP contribution in [0.25, 0.3) is 48.9 Å². The zero-order valence-electron chi connectivity index (χ0n) is 24.7. The van der Waals surface area contributed by atoms with Crippen LogP contribution in [0, 0.1) is 0 Å². The number of fused-ring (bicyclic) bond motifs is 8. The van der Waals surface area contributed by atoms with Crippen LogP contribution < -0.4 is 14.2 Å². The molecule has 5 aromatic carbocycles. The van der Waals surface area contributed by atoms with Gasteiger partial charge in [-0.05, 0) is 56.9 Å². The van der Waals surface area contributed by atoms with E-state index < -0.39 is 11.0 Å². The van der Waals surface area contributed by atoms with Gasteiger partial charge in [0.2, 0.25) is 0 Å². The molecule has 0 radical (unpaired) electrons. The van der Waals surface area contributed by atoms with E-state index >= 15 is 0 Å². The first-order chi connectivity index (χ1) is 22.1.